The monoisotopic (exact) mass is 427 g/mol. The Morgan fingerprint density at radius 1 is 1.20 bits per heavy atom. The maximum absolute atomic E-state index is 12.8. The van der Waals surface area contributed by atoms with Gasteiger partial charge in [0.1, 0.15) is 5.82 Å². The summed E-state index contributed by atoms with van der Waals surface area (Å²) < 4.78 is 25.6. The molecule has 0 spiro atoms. The Balaban J connectivity index is 1.44. The second kappa shape index (κ2) is 7.83. The molecule has 1 saturated carbocycles. The first-order valence-corrected chi connectivity index (χ1v) is 11.8. The summed E-state index contributed by atoms with van der Waals surface area (Å²) in [5.74, 6) is -0.0255. The lowest BCUT2D eigenvalue weighted by Gasteiger charge is -2.22. The van der Waals surface area contributed by atoms with Crippen molar-refractivity contribution in [3.05, 3.63) is 47.7 Å². The Hall–Kier alpha value is -2.74. The molecule has 30 heavy (non-hydrogen) atoms. The Bertz CT molecular complexity index is 1110. The minimum absolute atomic E-state index is 0.0265. The van der Waals surface area contributed by atoms with Gasteiger partial charge in [0.2, 0.25) is 11.8 Å². The number of hydrogen-bond donors (Lipinski definition) is 1. The maximum atomic E-state index is 12.8. The van der Waals surface area contributed by atoms with Crippen LogP contribution in [0.4, 0.5) is 11.5 Å². The average Bonchev–Trinajstić information content (AvgIpc) is 3.48. The second-order valence-electron chi connectivity index (χ2n) is 8.16. The highest BCUT2D eigenvalue weighted by molar-refractivity contribution is 7.91. The van der Waals surface area contributed by atoms with Crippen LogP contribution in [0.2, 0.25) is 0 Å². The summed E-state index contributed by atoms with van der Waals surface area (Å²) >= 11 is 0. The van der Waals surface area contributed by atoms with Crippen molar-refractivity contribution in [2.24, 2.45) is 5.92 Å². The maximum Gasteiger partial charge on any atom is 0.230 e. The van der Waals surface area contributed by atoms with E-state index in [2.05, 4.69) is 10.3 Å². The first kappa shape index (κ1) is 20.5. The minimum atomic E-state index is -3.62. The fraction of sp³-hybridized carbons (Fsp3) is 0.409. The number of carbonyl (C=O) groups excluding carboxylic acids is 2. The summed E-state index contributed by atoms with van der Waals surface area (Å²) in [6, 6.07) is 8.49. The summed E-state index contributed by atoms with van der Waals surface area (Å²) in [7, 11) is -3.62. The SMILES string of the molecule is Cc1ccnc(NC(=O)CCS(=O)(=O)c2ccc3c(c2)CC(C)N3C(=O)C2CC2)c1. The number of aryl methyl sites for hydroxylation is 1. The molecule has 0 radical (unpaired) electrons. The van der Waals surface area contributed by atoms with Gasteiger partial charge in [-0.05, 0) is 74.6 Å². The van der Waals surface area contributed by atoms with Crippen molar-refractivity contribution in [1.82, 2.24) is 4.98 Å². The van der Waals surface area contributed by atoms with Crippen LogP contribution in [0.25, 0.3) is 0 Å². The quantitative estimate of drug-likeness (QED) is 0.765. The standard InChI is InChI=1S/C22H25N3O4S/c1-14-7-9-23-20(11-14)24-21(26)8-10-30(28,29)18-5-6-19-17(13-18)12-15(2)25(19)22(27)16-3-4-16/h5-7,9,11,13,15-16H,3-4,8,10,12H2,1-2H3,(H,23,24,26). The number of carbonyl (C=O) groups is 2. The summed E-state index contributed by atoms with van der Waals surface area (Å²) in [6.07, 6.45) is 3.94. The van der Waals surface area contributed by atoms with Crippen LogP contribution in [0.1, 0.15) is 37.3 Å². The van der Waals surface area contributed by atoms with Crippen LogP contribution in [0.5, 0.6) is 0 Å². The van der Waals surface area contributed by atoms with Gasteiger partial charge in [-0.15, -0.1) is 0 Å². The van der Waals surface area contributed by atoms with Crippen molar-refractivity contribution in [3.8, 4) is 0 Å². The van der Waals surface area contributed by atoms with Gasteiger partial charge in [-0.25, -0.2) is 13.4 Å². The van der Waals surface area contributed by atoms with E-state index >= 15 is 0 Å². The van der Waals surface area contributed by atoms with Gasteiger partial charge in [0.15, 0.2) is 9.84 Å². The molecule has 2 aliphatic rings. The van der Waals surface area contributed by atoms with Gasteiger partial charge < -0.3 is 10.2 Å². The number of fused-ring (bicyclic) bond motifs is 1. The van der Waals surface area contributed by atoms with Crippen LogP contribution in [0.15, 0.2) is 41.4 Å². The Labute approximate surface area is 176 Å². The summed E-state index contributed by atoms with van der Waals surface area (Å²) in [5.41, 5.74) is 2.63. The number of pyridine rings is 1. The molecule has 1 N–H and O–H groups in total. The van der Waals surface area contributed by atoms with Crippen LogP contribution < -0.4 is 10.2 Å². The van der Waals surface area contributed by atoms with Crippen molar-refractivity contribution >= 4 is 33.2 Å². The number of aromatic nitrogens is 1. The molecule has 158 valence electrons. The zero-order chi connectivity index (χ0) is 21.5. The molecule has 1 fully saturated rings. The molecule has 2 aromatic rings. The third-order valence-corrected chi connectivity index (χ3v) is 7.28. The highest BCUT2D eigenvalue weighted by Crippen LogP contribution is 2.39. The van der Waals surface area contributed by atoms with Gasteiger partial charge >= 0.3 is 0 Å². The average molecular weight is 428 g/mol. The Morgan fingerprint density at radius 2 is 1.97 bits per heavy atom. The normalized spacial score (nSPS) is 18.2. The van der Waals surface area contributed by atoms with Crippen molar-refractivity contribution < 1.29 is 18.0 Å². The lowest BCUT2D eigenvalue weighted by atomic mass is 10.1. The van der Waals surface area contributed by atoms with Gasteiger partial charge in [-0.2, -0.15) is 0 Å². The van der Waals surface area contributed by atoms with Crippen LogP contribution >= 0.6 is 0 Å². The molecular formula is C22H25N3O4S. The highest BCUT2D eigenvalue weighted by atomic mass is 32.2. The molecule has 1 aliphatic heterocycles. The minimum Gasteiger partial charge on any atom is -0.311 e. The van der Waals surface area contributed by atoms with E-state index in [4.69, 9.17) is 0 Å². The van der Waals surface area contributed by atoms with E-state index in [9.17, 15) is 18.0 Å². The molecule has 8 heteroatoms. The molecule has 2 heterocycles. The number of nitrogens with one attached hydrogen (secondary N) is 1. The van der Waals surface area contributed by atoms with Gasteiger partial charge in [-0.3, -0.25) is 9.59 Å². The van der Waals surface area contributed by atoms with E-state index in [1.165, 1.54) is 0 Å². The van der Waals surface area contributed by atoms with Gasteiger partial charge in [0.05, 0.1) is 10.6 Å². The van der Waals surface area contributed by atoms with Gasteiger partial charge in [-0.1, -0.05) is 0 Å². The number of hydrogen-bond acceptors (Lipinski definition) is 5. The molecular weight excluding hydrogens is 402 g/mol. The first-order chi connectivity index (χ1) is 14.2. The third kappa shape index (κ3) is 4.23. The zero-order valence-electron chi connectivity index (χ0n) is 17.1. The molecule has 0 bridgehead atoms. The molecule has 1 atom stereocenters. The Morgan fingerprint density at radius 3 is 2.67 bits per heavy atom. The summed E-state index contributed by atoms with van der Waals surface area (Å²) in [6.45, 7) is 3.87. The van der Waals surface area contributed by atoms with Gasteiger partial charge in [0.25, 0.3) is 0 Å². The Kier molecular flexibility index (Phi) is 5.36. The van der Waals surface area contributed by atoms with Crippen LogP contribution in [0, 0.1) is 12.8 Å². The number of rotatable bonds is 6. The lowest BCUT2D eigenvalue weighted by Crippen LogP contribution is -2.36. The van der Waals surface area contributed by atoms with Crippen molar-refractivity contribution in [1.29, 1.82) is 0 Å². The molecule has 0 saturated heterocycles. The van der Waals surface area contributed by atoms with Gasteiger partial charge in [0, 0.05) is 30.3 Å². The second-order valence-corrected chi connectivity index (χ2v) is 10.3. The van der Waals surface area contributed by atoms with E-state index in [0.717, 1.165) is 29.7 Å². The largest absolute Gasteiger partial charge is 0.311 e. The van der Waals surface area contributed by atoms with Crippen molar-refractivity contribution in [2.75, 3.05) is 16.0 Å². The number of nitrogens with zero attached hydrogens (tertiary/aromatic N) is 2. The van der Waals surface area contributed by atoms with E-state index in [-0.39, 0.29) is 34.9 Å². The number of amides is 2. The predicted octanol–water partition coefficient (Wildman–Crippen LogP) is 2.88. The smallest absolute Gasteiger partial charge is 0.230 e. The lowest BCUT2D eigenvalue weighted by molar-refractivity contribution is -0.120. The summed E-state index contributed by atoms with van der Waals surface area (Å²) in [4.78, 5) is 30.8. The van der Waals surface area contributed by atoms with Crippen molar-refractivity contribution in [3.63, 3.8) is 0 Å². The first-order valence-electron chi connectivity index (χ1n) is 10.2. The highest BCUT2D eigenvalue weighted by Gasteiger charge is 2.39. The molecule has 1 aromatic heterocycles. The third-order valence-electron chi connectivity index (χ3n) is 5.57. The van der Waals surface area contributed by atoms with Crippen LogP contribution in [-0.4, -0.2) is 37.0 Å². The molecule has 4 rings (SSSR count). The van der Waals surface area contributed by atoms with Crippen molar-refractivity contribution in [2.45, 2.75) is 50.5 Å². The molecule has 1 aromatic carbocycles. The number of benzene rings is 1. The predicted molar refractivity (Wildman–Crippen MR) is 114 cm³/mol. The zero-order valence-corrected chi connectivity index (χ0v) is 17.9. The van der Waals surface area contributed by atoms with E-state index in [0.29, 0.717) is 12.2 Å². The van der Waals surface area contributed by atoms with Crippen LogP contribution in [-0.2, 0) is 25.8 Å². The molecule has 1 aliphatic carbocycles. The molecule has 7 nitrogen and oxygen atoms in total. The van der Waals surface area contributed by atoms with E-state index < -0.39 is 15.7 Å². The summed E-state index contributed by atoms with van der Waals surface area (Å²) in [5, 5.41) is 2.63. The van der Waals surface area contributed by atoms with E-state index in [1.54, 1.807) is 30.5 Å². The molecule has 2 amide bonds. The fourth-order valence-corrected chi connectivity index (χ4v) is 5.11. The number of sulfone groups is 1. The van der Waals surface area contributed by atoms with E-state index in [1.807, 2.05) is 24.8 Å². The fourth-order valence-electron chi connectivity index (χ4n) is 3.82. The van der Waals surface area contributed by atoms with Crippen LogP contribution in [0.3, 0.4) is 0 Å². The topological polar surface area (TPSA) is 96.4 Å². The number of anilines is 2. The molecule has 1 unspecified atom stereocenters.